The summed E-state index contributed by atoms with van der Waals surface area (Å²) in [5, 5.41) is 0. The lowest BCUT2D eigenvalue weighted by Gasteiger charge is -2.43. The average Bonchev–Trinajstić information content (AvgIpc) is 2.28. The van der Waals surface area contributed by atoms with Crippen molar-refractivity contribution in [2.24, 2.45) is 5.73 Å². The second-order valence-corrected chi connectivity index (χ2v) is 5.40. The lowest BCUT2D eigenvalue weighted by Crippen LogP contribution is -2.53. The van der Waals surface area contributed by atoms with E-state index in [2.05, 4.69) is 43.0 Å². The molecular formula is C14H22N2O. The van der Waals surface area contributed by atoms with Crippen molar-refractivity contribution in [3.8, 4) is 0 Å². The Kier molecular flexibility index (Phi) is 3.40. The molecule has 0 aliphatic carbocycles. The number of benzene rings is 1. The molecule has 0 saturated carbocycles. The molecule has 0 radical (unpaired) electrons. The van der Waals surface area contributed by atoms with Crippen LogP contribution in [-0.2, 0) is 4.74 Å². The predicted molar refractivity (Wildman–Crippen MR) is 71.3 cm³/mol. The van der Waals surface area contributed by atoms with Crippen LogP contribution in [0.3, 0.4) is 0 Å². The molecule has 94 valence electrons. The van der Waals surface area contributed by atoms with Gasteiger partial charge in [-0.05, 0) is 38.5 Å². The quantitative estimate of drug-likeness (QED) is 0.853. The largest absolute Gasteiger partial charge is 0.377 e. The van der Waals surface area contributed by atoms with Crippen LogP contribution in [0.15, 0.2) is 24.3 Å². The van der Waals surface area contributed by atoms with Crippen LogP contribution >= 0.6 is 0 Å². The summed E-state index contributed by atoms with van der Waals surface area (Å²) in [5.41, 5.74) is 8.36. The minimum absolute atomic E-state index is 0.0636. The Morgan fingerprint density at radius 1 is 1.29 bits per heavy atom. The molecule has 3 heteroatoms. The molecule has 1 atom stereocenters. The molecule has 1 aromatic rings. The molecule has 0 amide bonds. The summed E-state index contributed by atoms with van der Waals surface area (Å²) in [4.78, 5) is 2.40. The summed E-state index contributed by atoms with van der Waals surface area (Å²) in [5.74, 6) is 0. The van der Waals surface area contributed by atoms with Crippen molar-refractivity contribution in [3.05, 3.63) is 29.8 Å². The van der Waals surface area contributed by atoms with Crippen LogP contribution in [0.1, 0.15) is 32.4 Å². The summed E-state index contributed by atoms with van der Waals surface area (Å²) in [6.45, 7) is 8.97. The molecule has 0 aromatic heterocycles. The van der Waals surface area contributed by atoms with E-state index in [9.17, 15) is 0 Å². The van der Waals surface area contributed by atoms with Gasteiger partial charge in [-0.1, -0.05) is 12.1 Å². The summed E-state index contributed by atoms with van der Waals surface area (Å²) in [7, 11) is 0. The highest BCUT2D eigenvalue weighted by atomic mass is 16.5. The van der Waals surface area contributed by atoms with Crippen LogP contribution in [0.25, 0.3) is 0 Å². The molecule has 1 aliphatic heterocycles. The minimum Gasteiger partial charge on any atom is -0.377 e. The standard InChI is InChI=1S/C14H22N2O/c1-11(15)12-4-6-13(7-5-12)16-8-9-17-10-14(16,2)3/h4-7,11H,8-10,15H2,1-3H3/t11-/m1/s1. The Bertz CT molecular complexity index is 370. The number of ether oxygens (including phenoxy) is 1. The van der Waals surface area contributed by atoms with Gasteiger partial charge in [0.25, 0.3) is 0 Å². The first-order valence-electron chi connectivity index (χ1n) is 6.22. The van der Waals surface area contributed by atoms with Gasteiger partial charge in [-0.15, -0.1) is 0 Å². The fourth-order valence-electron chi connectivity index (χ4n) is 2.29. The Morgan fingerprint density at radius 2 is 1.94 bits per heavy atom. The first kappa shape index (κ1) is 12.4. The van der Waals surface area contributed by atoms with Crippen LogP contribution in [0.4, 0.5) is 5.69 Å². The number of morpholine rings is 1. The van der Waals surface area contributed by atoms with Crippen molar-refractivity contribution in [3.63, 3.8) is 0 Å². The summed E-state index contributed by atoms with van der Waals surface area (Å²) in [6, 6.07) is 8.65. The van der Waals surface area contributed by atoms with Crippen molar-refractivity contribution in [2.45, 2.75) is 32.4 Å². The third-order valence-corrected chi connectivity index (χ3v) is 3.38. The van der Waals surface area contributed by atoms with Gasteiger partial charge in [0.2, 0.25) is 0 Å². The monoisotopic (exact) mass is 234 g/mol. The van der Waals surface area contributed by atoms with Gasteiger partial charge in [-0.2, -0.15) is 0 Å². The van der Waals surface area contributed by atoms with E-state index in [1.165, 1.54) is 11.3 Å². The second-order valence-electron chi connectivity index (χ2n) is 5.40. The van der Waals surface area contributed by atoms with E-state index < -0.39 is 0 Å². The lowest BCUT2D eigenvalue weighted by atomic mass is 10.0. The molecule has 17 heavy (non-hydrogen) atoms. The summed E-state index contributed by atoms with van der Waals surface area (Å²) >= 11 is 0. The summed E-state index contributed by atoms with van der Waals surface area (Å²) < 4.78 is 5.54. The first-order chi connectivity index (χ1) is 8.00. The lowest BCUT2D eigenvalue weighted by molar-refractivity contribution is 0.0644. The van der Waals surface area contributed by atoms with Gasteiger partial charge in [0, 0.05) is 18.3 Å². The fraction of sp³-hybridized carbons (Fsp3) is 0.571. The highest BCUT2D eigenvalue weighted by Gasteiger charge is 2.30. The van der Waals surface area contributed by atoms with E-state index in [1.807, 2.05) is 6.92 Å². The maximum absolute atomic E-state index is 5.86. The number of hydrogen-bond acceptors (Lipinski definition) is 3. The molecular weight excluding hydrogens is 212 g/mol. The normalized spacial score (nSPS) is 21.3. The van der Waals surface area contributed by atoms with Gasteiger partial charge in [0.15, 0.2) is 0 Å². The molecule has 3 nitrogen and oxygen atoms in total. The van der Waals surface area contributed by atoms with Crippen LogP contribution in [0.2, 0.25) is 0 Å². The minimum atomic E-state index is 0.0636. The SMILES string of the molecule is C[C@@H](N)c1ccc(N2CCOCC2(C)C)cc1. The van der Waals surface area contributed by atoms with E-state index >= 15 is 0 Å². The van der Waals surface area contributed by atoms with Crippen LogP contribution in [-0.4, -0.2) is 25.3 Å². The molecule has 1 aliphatic rings. The van der Waals surface area contributed by atoms with Gasteiger partial charge in [-0.3, -0.25) is 0 Å². The molecule has 2 N–H and O–H groups in total. The summed E-state index contributed by atoms with van der Waals surface area (Å²) in [6.07, 6.45) is 0. The smallest absolute Gasteiger partial charge is 0.0694 e. The van der Waals surface area contributed by atoms with E-state index in [1.54, 1.807) is 0 Å². The number of nitrogens with zero attached hydrogens (tertiary/aromatic N) is 1. The molecule has 2 rings (SSSR count). The Hall–Kier alpha value is -1.06. The number of hydrogen-bond donors (Lipinski definition) is 1. The van der Waals surface area contributed by atoms with Gasteiger partial charge >= 0.3 is 0 Å². The zero-order valence-corrected chi connectivity index (χ0v) is 10.9. The van der Waals surface area contributed by atoms with Crippen LogP contribution in [0, 0.1) is 0 Å². The molecule has 1 heterocycles. The van der Waals surface area contributed by atoms with Gasteiger partial charge < -0.3 is 15.4 Å². The fourth-order valence-corrected chi connectivity index (χ4v) is 2.29. The number of anilines is 1. The van der Waals surface area contributed by atoms with Crippen molar-refractivity contribution in [1.82, 2.24) is 0 Å². The van der Waals surface area contributed by atoms with E-state index in [4.69, 9.17) is 10.5 Å². The van der Waals surface area contributed by atoms with Crippen molar-refractivity contribution >= 4 is 5.69 Å². The highest BCUT2D eigenvalue weighted by Crippen LogP contribution is 2.27. The predicted octanol–water partition coefficient (Wildman–Crippen LogP) is 2.32. The Balaban J connectivity index is 2.21. The van der Waals surface area contributed by atoms with Crippen molar-refractivity contribution in [1.29, 1.82) is 0 Å². The average molecular weight is 234 g/mol. The first-order valence-corrected chi connectivity index (χ1v) is 6.22. The maximum atomic E-state index is 5.86. The topological polar surface area (TPSA) is 38.5 Å². The number of rotatable bonds is 2. The Labute approximate surface area is 104 Å². The van der Waals surface area contributed by atoms with Crippen LogP contribution < -0.4 is 10.6 Å². The van der Waals surface area contributed by atoms with Gasteiger partial charge in [0.05, 0.1) is 18.8 Å². The third kappa shape index (κ3) is 2.61. The van der Waals surface area contributed by atoms with Crippen molar-refractivity contribution in [2.75, 3.05) is 24.7 Å². The molecule has 0 bridgehead atoms. The van der Waals surface area contributed by atoms with E-state index in [0.29, 0.717) is 0 Å². The third-order valence-electron chi connectivity index (χ3n) is 3.38. The molecule has 1 saturated heterocycles. The molecule has 0 unspecified atom stereocenters. The van der Waals surface area contributed by atoms with Gasteiger partial charge in [-0.25, -0.2) is 0 Å². The molecule has 1 fully saturated rings. The zero-order valence-electron chi connectivity index (χ0n) is 10.9. The van der Waals surface area contributed by atoms with E-state index in [0.717, 1.165) is 19.8 Å². The second kappa shape index (κ2) is 4.67. The molecule has 0 spiro atoms. The Morgan fingerprint density at radius 3 is 2.47 bits per heavy atom. The highest BCUT2D eigenvalue weighted by molar-refractivity contribution is 5.50. The van der Waals surface area contributed by atoms with E-state index in [-0.39, 0.29) is 11.6 Å². The van der Waals surface area contributed by atoms with Crippen molar-refractivity contribution < 1.29 is 4.74 Å². The van der Waals surface area contributed by atoms with Gasteiger partial charge in [0.1, 0.15) is 0 Å². The maximum Gasteiger partial charge on any atom is 0.0694 e. The van der Waals surface area contributed by atoms with Crippen LogP contribution in [0.5, 0.6) is 0 Å². The zero-order chi connectivity index (χ0) is 12.5. The number of nitrogens with two attached hydrogens (primary N) is 1. The molecule has 1 aromatic carbocycles.